The number of nitrogens with one attached hydrogen (secondary N) is 1. The molecule has 1 amide bonds. The normalized spacial score (nSPS) is 18.9. The molecule has 0 saturated carbocycles. The van der Waals surface area contributed by atoms with Gasteiger partial charge in [0.15, 0.2) is 12.4 Å². The topological polar surface area (TPSA) is 247 Å². The van der Waals surface area contributed by atoms with Crippen LogP contribution in [0.3, 0.4) is 0 Å². The Labute approximate surface area is 496 Å². The first-order valence-corrected chi connectivity index (χ1v) is 30.6. The number of aliphatic hydroxyl groups excluding tert-OH is 2. The van der Waals surface area contributed by atoms with Crippen LogP contribution in [0, 0.1) is 0 Å². The molecule has 75 heavy (non-hydrogen) atoms. The summed E-state index contributed by atoms with van der Waals surface area (Å²) in [6, 6.07) is 7.02. The fraction of sp³-hybridized carbons (Fsp3) is 0.782. The Kier molecular flexibility index (Phi) is 46.4. The van der Waals surface area contributed by atoms with E-state index in [-0.39, 0.29) is 71.1 Å². The number of hydrogen-bond acceptors (Lipinski definition) is 15. The summed E-state index contributed by atoms with van der Waals surface area (Å²) in [4.78, 5) is 27.2. The van der Waals surface area contributed by atoms with Gasteiger partial charge in [0.1, 0.15) is 24.4 Å². The predicted octanol–water partition coefficient (Wildman–Crippen LogP) is 5.13. The van der Waals surface area contributed by atoms with E-state index in [1.54, 1.807) is 36.4 Å². The maximum atomic E-state index is 13.6. The molecule has 20 heteroatoms. The molecular formula is C55H93NNa2O15S2. The number of esters is 1. The Morgan fingerprint density at radius 3 is 1.52 bits per heavy atom. The summed E-state index contributed by atoms with van der Waals surface area (Å²) in [5.41, 5.74) is 0.229. The van der Waals surface area contributed by atoms with Crippen molar-refractivity contribution in [2.24, 2.45) is 0 Å². The second-order valence-corrected chi connectivity index (χ2v) is 21.7. The van der Waals surface area contributed by atoms with Crippen molar-refractivity contribution < 1.29 is 127 Å². The van der Waals surface area contributed by atoms with Gasteiger partial charge in [0, 0.05) is 6.42 Å². The molecule has 1 fully saturated rings. The maximum absolute atomic E-state index is 13.6. The van der Waals surface area contributed by atoms with Crippen LogP contribution in [0.5, 0.6) is 0 Å². The molecule has 2 rings (SSSR count). The Morgan fingerprint density at radius 2 is 1.07 bits per heavy atom. The first kappa shape index (κ1) is 74.2. The zero-order chi connectivity index (χ0) is 53.4. The van der Waals surface area contributed by atoms with Crippen LogP contribution in [0.4, 0.5) is 0 Å². The van der Waals surface area contributed by atoms with Crippen LogP contribution >= 0.6 is 0 Å². The predicted molar refractivity (Wildman–Crippen MR) is 282 cm³/mol. The molecule has 0 radical (unpaired) electrons. The molecule has 1 aliphatic rings. The quantitative estimate of drug-likeness (QED) is 0.0191. The van der Waals surface area contributed by atoms with Crippen molar-refractivity contribution in [3.8, 4) is 0 Å². The van der Waals surface area contributed by atoms with Crippen LogP contribution in [-0.2, 0) is 48.2 Å². The third kappa shape index (κ3) is 39.3. The van der Waals surface area contributed by atoms with Gasteiger partial charge in [0.2, 0.25) is 26.7 Å². The van der Waals surface area contributed by atoms with Crippen LogP contribution in [0.15, 0.2) is 54.6 Å². The van der Waals surface area contributed by atoms with Crippen molar-refractivity contribution in [2.75, 3.05) is 13.2 Å². The molecule has 16 nitrogen and oxygen atoms in total. The van der Waals surface area contributed by atoms with Gasteiger partial charge in [-0.15, -0.1) is 0 Å². The monoisotopic (exact) mass is 1120 g/mol. The Morgan fingerprint density at radius 1 is 0.627 bits per heavy atom. The molecule has 1 aromatic rings. The average Bonchev–Trinajstić information content (AvgIpc) is 3.35. The molecule has 422 valence electrons. The minimum atomic E-state index is -5.56. The fourth-order valence-electron chi connectivity index (χ4n) is 8.86. The number of amides is 1. The third-order valence-electron chi connectivity index (χ3n) is 13.2. The molecule has 3 N–H and O–H groups in total. The van der Waals surface area contributed by atoms with Gasteiger partial charge in [-0.2, -0.15) is 0 Å². The Hall–Kier alpha value is -0.780. The van der Waals surface area contributed by atoms with Crippen LogP contribution in [-0.4, -0.2) is 104 Å². The van der Waals surface area contributed by atoms with Crippen molar-refractivity contribution in [3.05, 3.63) is 60.2 Å². The first-order chi connectivity index (χ1) is 35.1. The van der Waals surface area contributed by atoms with E-state index in [4.69, 9.17) is 14.2 Å². The van der Waals surface area contributed by atoms with Crippen molar-refractivity contribution >= 4 is 32.7 Å². The van der Waals surface area contributed by atoms with E-state index in [9.17, 15) is 45.7 Å². The average molecular weight is 1120 g/mol. The van der Waals surface area contributed by atoms with Gasteiger partial charge in [-0.1, -0.05) is 204 Å². The Balaban J connectivity index is 0.0000274. The molecule has 0 bridgehead atoms. The SMILES string of the molecule is CCCCCCCC/C=C\CCCCCCCCCCCCCC(=O)N[C@@H](CO[C@@H]1O[C@H](COS(=O)(=O)[O-])[C@H](O)[C@H](O)[C@H]1OS(=O)(=O)[O-])[C@@H](/C=C/CCCCCCCCCCCCC)OC(=O)c1ccccc1.[Na+].[Na+]. The van der Waals surface area contributed by atoms with Crippen LogP contribution in [0.25, 0.3) is 0 Å². The minimum Gasteiger partial charge on any atom is -0.726 e. The molecule has 7 atom stereocenters. The molecule has 0 aliphatic carbocycles. The van der Waals surface area contributed by atoms with E-state index >= 15 is 0 Å². The van der Waals surface area contributed by atoms with E-state index in [1.165, 1.54) is 135 Å². The van der Waals surface area contributed by atoms with Gasteiger partial charge in [0.25, 0.3) is 0 Å². The van der Waals surface area contributed by atoms with Gasteiger partial charge < -0.3 is 38.8 Å². The largest absolute Gasteiger partial charge is 1.00 e. The summed E-state index contributed by atoms with van der Waals surface area (Å²) in [6.45, 7) is 2.75. The molecule has 0 spiro atoms. The standard InChI is InChI=1S/C55H95NO15S2.2Na/c1-3-5-7-9-11-13-15-17-18-19-20-21-22-23-24-26-28-30-32-34-39-43-50(57)56-47(44-67-55-53(71-73(64,65)66)52(59)51(58)49(70-55)45-68-72(61,62)63)48(69-54(60)46-40-36-35-37-41-46)42-38-33-31-29-27-25-16-14-12-10-8-6-4-2;;/h17-18,35-38,40-42,47-49,51-53,55,58-59H,3-16,19-34,39,43-45H2,1-2H3,(H,56,57)(H,61,62,63)(H,64,65,66);;/q;2*+1/p-2/b18-17-,42-38+;;/t47-,48+,49+,51-,52-,53+,55+;;/m0../s1. The second-order valence-electron chi connectivity index (χ2n) is 19.6. The minimum absolute atomic E-state index is 0. The van der Waals surface area contributed by atoms with E-state index in [2.05, 4.69) is 39.7 Å². The zero-order valence-electron chi connectivity index (χ0n) is 46.3. The van der Waals surface area contributed by atoms with E-state index in [0.29, 0.717) is 12.8 Å². The second kappa shape index (κ2) is 46.9. The van der Waals surface area contributed by atoms with Crippen LogP contribution in [0.1, 0.15) is 230 Å². The fourth-order valence-corrected chi connectivity index (χ4v) is 9.63. The van der Waals surface area contributed by atoms with Gasteiger partial charge in [-0.25, -0.2) is 21.6 Å². The summed E-state index contributed by atoms with van der Waals surface area (Å²) >= 11 is 0. The smallest absolute Gasteiger partial charge is 0.726 e. The van der Waals surface area contributed by atoms with Crippen LogP contribution in [0.2, 0.25) is 0 Å². The molecule has 1 saturated heterocycles. The van der Waals surface area contributed by atoms with Gasteiger partial charge in [0.05, 0.1) is 24.8 Å². The van der Waals surface area contributed by atoms with E-state index < -0.39 is 88.7 Å². The number of hydrogen-bond donors (Lipinski definition) is 3. The van der Waals surface area contributed by atoms with Gasteiger partial charge in [-0.3, -0.25) is 13.2 Å². The molecule has 1 heterocycles. The number of aliphatic hydroxyl groups is 2. The van der Waals surface area contributed by atoms with Crippen LogP contribution < -0.4 is 64.4 Å². The molecule has 0 unspecified atom stereocenters. The number of ether oxygens (including phenoxy) is 3. The summed E-state index contributed by atoms with van der Waals surface area (Å²) in [5, 5.41) is 24.3. The van der Waals surface area contributed by atoms with E-state index in [0.717, 1.165) is 51.4 Å². The number of carbonyl (C=O) groups is 2. The summed E-state index contributed by atoms with van der Waals surface area (Å²) in [5.74, 6) is -1.11. The third-order valence-corrected chi connectivity index (χ3v) is 14.0. The van der Waals surface area contributed by atoms with E-state index in [1.807, 2.05) is 6.08 Å². The van der Waals surface area contributed by atoms with Crippen molar-refractivity contribution in [1.82, 2.24) is 5.32 Å². The summed E-state index contributed by atoms with van der Waals surface area (Å²) < 4.78 is 95.1. The number of allylic oxidation sites excluding steroid dienone is 3. The van der Waals surface area contributed by atoms with Crippen molar-refractivity contribution in [3.63, 3.8) is 0 Å². The Bertz CT molecular complexity index is 1840. The summed E-state index contributed by atoms with van der Waals surface area (Å²) in [7, 11) is -10.9. The molecule has 1 aliphatic heterocycles. The first-order valence-electron chi connectivity index (χ1n) is 27.9. The van der Waals surface area contributed by atoms with Gasteiger partial charge >= 0.3 is 65.1 Å². The van der Waals surface area contributed by atoms with Crippen molar-refractivity contribution in [1.29, 1.82) is 0 Å². The molecule has 1 aromatic carbocycles. The summed E-state index contributed by atoms with van der Waals surface area (Å²) in [6.07, 6.45) is 32.6. The van der Waals surface area contributed by atoms with Gasteiger partial charge in [-0.05, 0) is 63.2 Å². The molecular weight excluding hydrogens is 1020 g/mol. The number of rotatable bonds is 46. The maximum Gasteiger partial charge on any atom is 1.00 e. The molecule has 0 aromatic heterocycles. The zero-order valence-corrected chi connectivity index (χ0v) is 51.9. The number of carbonyl (C=O) groups excluding carboxylic acids is 2. The van der Waals surface area contributed by atoms with Crippen molar-refractivity contribution in [2.45, 2.75) is 262 Å². The number of unbranched alkanes of at least 4 members (excludes halogenated alkanes) is 28. The number of benzene rings is 1.